The third kappa shape index (κ3) is 6.05. The molecular weight excluding hydrogens is 446 g/mol. The van der Waals surface area contributed by atoms with E-state index in [9.17, 15) is 18.7 Å². The highest BCUT2D eigenvalue weighted by Gasteiger charge is 2.36. The maximum atomic E-state index is 13.3. The van der Waals surface area contributed by atoms with Crippen molar-refractivity contribution in [3.8, 4) is 11.5 Å². The summed E-state index contributed by atoms with van der Waals surface area (Å²) in [6.07, 6.45) is -1.61. The molecule has 0 aliphatic heterocycles. The van der Waals surface area contributed by atoms with E-state index in [1.54, 1.807) is 50.2 Å². The number of oxazole rings is 1. The first-order chi connectivity index (χ1) is 16.3. The summed E-state index contributed by atoms with van der Waals surface area (Å²) in [4.78, 5) is 21.6. The Hall–Kier alpha value is -3.59. The number of nitrogens with zero attached hydrogens (tertiary/aromatic N) is 2. The maximum Gasteiger partial charge on any atom is 0.315 e. The lowest BCUT2D eigenvalue weighted by molar-refractivity contribution is -0.146. The number of oxime groups is 1. The molecule has 0 spiro atoms. The number of hydrogen-bond donors (Lipinski definition) is 1. The van der Waals surface area contributed by atoms with Crippen LogP contribution in [0, 0.1) is 18.7 Å². The fourth-order valence-corrected chi connectivity index (χ4v) is 3.54. The minimum atomic E-state index is -1.20. The third-order valence-electron chi connectivity index (χ3n) is 5.18. The van der Waals surface area contributed by atoms with Crippen LogP contribution >= 0.6 is 0 Å². The van der Waals surface area contributed by atoms with Crippen molar-refractivity contribution in [3.63, 3.8) is 0 Å². The number of aryl methyl sites for hydroxylation is 1. The number of hydrogen-bond acceptors (Lipinski definition) is 6. The van der Waals surface area contributed by atoms with Gasteiger partial charge in [-0.1, -0.05) is 35.5 Å². The molecule has 3 aromatic rings. The molecule has 9 heteroatoms. The molecule has 7 nitrogen and oxygen atoms in total. The van der Waals surface area contributed by atoms with Crippen molar-refractivity contribution >= 4 is 11.7 Å². The molecular formula is C25H26F2N2O5. The van der Waals surface area contributed by atoms with Gasteiger partial charge < -0.3 is 19.1 Å². The molecule has 1 heterocycles. The second kappa shape index (κ2) is 11.5. The molecule has 1 aromatic heterocycles. The summed E-state index contributed by atoms with van der Waals surface area (Å²) in [6, 6.07) is 14.6. The van der Waals surface area contributed by atoms with Gasteiger partial charge in [-0.05, 0) is 50.6 Å². The fraction of sp³-hybridized carbons (Fsp3) is 0.320. The Bertz CT molecular complexity index is 1120. The fourth-order valence-electron chi connectivity index (χ4n) is 3.54. The minimum absolute atomic E-state index is 0.130. The average Bonchev–Trinajstić information content (AvgIpc) is 3.21. The second-order valence-electron chi connectivity index (χ2n) is 7.65. The van der Waals surface area contributed by atoms with Crippen LogP contribution in [0.25, 0.3) is 11.5 Å². The Morgan fingerprint density at radius 1 is 1.18 bits per heavy atom. The zero-order valence-corrected chi connectivity index (χ0v) is 19.1. The lowest BCUT2D eigenvalue weighted by Crippen LogP contribution is -2.31. The molecule has 0 aliphatic carbocycles. The van der Waals surface area contributed by atoms with Crippen LogP contribution in [0.15, 0.2) is 64.2 Å². The number of aliphatic carboxylic acids is 1. The van der Waals surface area contributed by atoms with Crippen molar-refractivity contribution in [1.82, 2.24) is 4.98 Å². The van der Waals surface area contributed by atoms with E-state index in [1.165, 1.54) is 19.1 Å². The van der Waals surface area contributed by atoms with Crippen molar-refractivity contribution < 1.29 is 32.7 Å². The first-order valence-corrected chi connectivity index (χ1v) is 10.7. The second-order valence-corrected chi connectivity index (χ2v) is 7.65. The van der Waals surface area contributed by atoms with Crippen molar-refractivity contribution in [1.29, 1.82) is 0 Å². The van der Waals surface area contributed by atoms with Gasteiger partial charge in [-0.25, -0.2) is 13.8 Å². The quantitative estimate of drug-likeness (QED) is 0.220. The lowest BCUT2D eigenvalue weighted by atomic mass is 9.91. The SMILES string of the molecule is C/C(=N\OCCF)C(C(=O)O)C(OC(C)c1nc(-c2ccc(F)cc2)oc1C)c1ccccc1. The zero-order valence-electron chi connectivity index (χ0n) is 19.1. The van der Waals surface area contributed by atoms with Crippen molar-refractivity contribution in [2.75, 3.05) is 13.3 Å². The molecule has 0 fully saturated rings. The first-order valence-electron chi connectivity index (χ1n) is 10.7. The van der Waals surface area contributed by atoms with E-state index in [0.29, 0.717) is 28.5 Å². The van der Waals surface area contributed by atoms with Crippen LogP contribution in [0.2, 0.25) is 0 Å². The molecule has 3 unspecified atom stereocenters. The number of carboxylic acids is 1. The van der Waals surface area contributed by atoms with Gasteiger partial charge in [0, 0.05) is 5.56 Å². The third-order valence-corrected chi connectivity index (χ3v) is 5.18. The van der Waals surface area contributed by atoms with Gasteiger partial charge in [0.1, 0.15) is 48.7 Å². The van der Waals surface area contributed by atoms with Crippen LogP contribution in [0.3, 0.4) is 0 Å². The van der Waals surface area contributed by atoms with Crippen LogP contribution in [0.1, 0.15) is 43.1 Å². The molecule has 0 aliphatic rings. The highest BCUT2D eigenvalue weighted by Crippen LogP contribution is 2.35. The van der Waals surface area contributed by atoms with Gasteiger partial charge in [-0.2, -0.15) is 0 Å². The van der Waals surface area contributed by atoms with Crippen LogP contribution in [0.4, 0.5) is 8.78 Å². The van der Waals surface area contributed by atoms with E-state index >= 15 is 0 Å². The minimum Gasteiger partial charge on any atom is -0.481 e. The van der Waals surface area contributed by atoms with E-state index in [2.05, 4.69) is 10.1 Å². The molecule has 0 radical (unpaired) electrons. The summed E-state index contributed by atoms with van der Waals surface area (Å²) in [5.41, 5.74) is 1.82. The summed E-state index contributed by atoms with van der Waals surface area (Å²) in [6.45, 7) is 3.93. The summed E-state index contributed by atoms with van der Waals surface area (Å²) in [7, 11) is 0. The van der Waals surface area contributed by atoms with Gasteiger partial charge in [0.2, 0.25) is 5.89 Å². The number of rotatable bonds is 11. The highest BCUT2D eigenvalue weighted by atomic mass is 19.1. The van der Waals surface area contributed by atoms with Gasteiger partial charge in [-0.3, -0.25) is 4.79 Å². The summed E-state index contributed by atoms with van der Waals surface area (Å²) in [5, 5.41) is 13.8. The van der Waals surface area contributed by atoms with Crippen molar-refractivity contribution in [2.45, 2.75) is 33.0 Å². The number of aromatic nitrogens is 1. The van der Waals surface area contributed by atoms with E-state index in [1.807, 2.05) is 6.07 Å². The zero-order chi connectivity index (χ0) is 24.7. The normalized spacial score (nSPS) is 14.4. The number of benzene rings is 2. The Morgan fingerprint density at radius 3 is 2.47 bits per heavy atom. The van der Waals surface area contributed by atoms with Crippen LogP contribution in [-0.4, -0.2) is 35.1 Å². The molecule has 34 heavy (non-hydrogen) atoms. The van der Waals surface area contributed by atoms with Crippen LogP contribution in [0.5, 0.6) is 0 Å². The summed E-state index contributed by atoms with van der Waals surface area (Å²) < 4.78 is 37.7. The number of alkyl halides is 1. The standard InChI is InChI=1S/C25H26F2N2O5/c1-15(29-32-14-13-26)21(25(30)31)23(18-7-5-4-6-8-18)33-16(2)22-17(3)34-24(28-22)19-9-11-20(27)12-10-19/h4-12,16,21,23H,13-14H2,1-3H3,(H,30,31)/b29-15+. The molecule has 0 saturated heterocycles. The predicted octanol–water partition coefficient (Wildman–Crippen LogP) is 5.67. The first kappa shape index (κ1) is 25.0. The topological polar surface area (TPSA) is 94.2 Å². The number of carboxylic acid groups (broad SMARTS) is 1. The smallest absolute Gasteiger partial charge is 0.315 e. The van der Waals surface area contributed by atoms with E-state index < -0.39 is 30.8 Å². The molecule has 0 bridgehead atoms. The van der Waals surface area contributed by atoms with E-state index in [-0.39, 0.29) is 18.1 Å². The Balaban J connectivity index is 1.93. The Kier molecular flexibility index (Phi) is 8.48. The van der Waals surface area contributed by atoms with Gasteiger partial charge in [0.05, 0.1) is 5.71 Å². The Morgan fingerprint density at radius 2 is 1.85 bits per heavy atom. The molecule has 2 aromatic carbocycles. The Labute approximate surface area is 196 Å². The average molecular weight is 472 g/mol. The maximum absolute atomic E-state index is 13.3. The van der Waals surface area contributed by atoms with Crippen molar-refractivity contribution in [2.24, 2.45) is 11.1 Å². The summed E-state index contributed by atoms with van der Waals surface area (Å²) in [5.74, 6) is -1.96. The largest absolute Gasteiger partial charge is 0.481 e. The molecule has 3 atom stereocenters. The molecule has 1 N–H and O–H groups in total. The lowest BCUT2D eigenvalue weighted by Gasteiger charge is -2.27. The molecule has 3 rings (SSSR count). The molecule has 0 amide bonds. The predicted molar refractivity (Wildman–Crippen MR) is 121 cm³/mol. The van der Waals surface area contributed by atoms with Crippen molar-refractivity contribution in [3.05, 3.63) is 77.4 Å². The highest BCUT2D eigenvalue weighted by molar-refractivity contribution is 6.00. The molecule has 0 saturated carbocycles. The van der Waals surface area contributed by atoms with Crippen LogP contribution < -0.4 is 0 Å². The molecule has 180 valence electrons. The number of ether oxygens (including phenoxy) is 1. The van der Waals surface area contributed by atoms with Gasteiger partial charge >= 0.3 is 5.97 Å². The number of halogens is 2. The van der Waals surface area contributed by atoms with E-state index in [4.69, 9.17) is 14.0 Å². The van der Waals surface area contributed by atoms with Gasteiger partial charge in [-0.15, -0.1) is 0 Å². The van der Waals surface area contributed by atoms with E-state index in [0.717, 1.165) is 0 Å². The monoisotopic (exact) mass is 472 g/mol. The number of carbonyl (C=O) groups is 1. The summed E-state index contributed by atoms with van der Waals surface area (Å²) >= 11 is 0. The van der Waals surface area contributed by atoms with Gasteiger partial charge in [0.15, 0.2) is 0 Å². The van der Waals surface area contributed by atoms with Crippen LogP contribution in [-0.2, 0) is 14.4 Å². The van der Waals surface area contributed by atoms with Gasteiger partial charge in [0.25, 0.3) is 0 Å².